The molecular formula is C12H22N2O. The summed E-state index contributed by atoms with van der Waals surface area (Å²) in [4.78, 5) is 4.38. The molecule has 0 spiro atoms. The average Bonchev–Trinajstić information content (AvgIpc) is 2.67. The molecule has 1 aromatic rings. The van der Waals surface area contributed by atoms with Gasteiger partial charge in [0.15, 0.2) is 5.82 Å². The molecule has 86 valence electrons. The Morgan fingerprint density at radius 2 is 1.60 bits per heavy atom. The lowest BCUT2D eigenvalue weighted by Gasteiger charge is -1.92. The van der Waals surface area contributed by atoms with Crippen LogP contribution in [0.2, 0.25) is 0 Å². The van der Waals surface area contributed by atoms with Gasteiger partial charge >= 0.3 is 0 Å². The molecule has 0 saturated carbocycles. The van der Waals surface area contributed by atoms with Crippen LogP contribution in [0.1, 0.15) is 64.1 Å². The Morgan fingerprint density at radius 3 is 2.27 bits per heavy atom. The molecule has 0 aliphatic heterocycles. The maximum absolute atomic E-state index is 5.18. The van der Waals surface area contributed by atoms with Crippen molar-refractivity contribution in [2.75, 3.05) is 0 Å². The molecule has 1 heterocycles. The topological polar surface area (TPSA) is 38.9 Å². The third-order valence-corrected chi connectivity index (χ3v) is 2.51. The van der Waals surface area contributed by atoms with E-state index in [4.69, 9.17) is 4.52 Å². The molecule has 0 aliphatic rings. The second-order valence-corrected chi connectivity index (χ2v) is 4.02. The fourth-order valence-electron chi connectivity index (χ4n) is 1.55. The molecule has 0 amide bonds. The van der Waals surface area contributed by atoms with Crippen molar-refractivity contribution in [3.05, 3.63) is 11.7 Å². The molecule has 0 fully saturated rings. The Kier molecular flexibility index (Phi) is 6.05. The SMILES string of the molecule is CCCCCc1noc(CCCCC)n1. The van der Waals surface area contributed by atoms with Crippen molar-refractivity contribution in [2.45, 2.75) is 65.2 Å². The number of aryl methyl sites for hydroxylation is 2. The summed E-state index contributed by atoms with van der Waals surface area (Å²) in [6, 6.07) is 0. The van der Waals surface area contributed by atoms with Gasteiger partial charge in [-0.3, -0.25) is 0 Å². The number of unbranched alkanes of at least 4 members (excludes halogenated alkanes) is 4. The van der Waals surface area contributed by atoms with Crippen LogP contribution < -0.4 is 0 Å². The number of hydrogen-bond acceptors (Lipinski definition) is 3. The molecular weight excluding hydrogens is 188 g/mol. The molecule has 0 radical (unpaired) electrons. The smallest absolute Gasteiger partial charge is 0.226 e. The summed E-state index contributed by atoms with van der Waals surface area (Å²) < 4.78 is 5.18. The van der Waals surface area contributed by atoms with Crippen molar-refractivity contribution in [2.24, 2.45) is 0 Å². The zero-order valence-corrected chi connectivity index (χ0v) is 9.96. The van der Waals surface area contributed by atoms with E-state index in [1.165, 1.54) is 32.1 Å². The Labute approximate surface area is 92.3 Å². The number of nitrogens with zero attached hydrogens (tertiary/aromatic N) is 2. The van der Waals surface area contributed by atoms with E-state index in [1.807, 2.05) is 0 Å². The van der Waals surface area contributed by atoms with E-state index in [1.54, 1.807) is 0 Å². The van der Waals surface area contributed by atoms with Crippen LogP contribution in [-0.2, 0) is 12.8 Å². The van der Waals surface area contributed by atoms with Crippen molar-refractivity contribution in [1.29, 1.82) is 0 Å². The van der Waals surface area contributed by atoms with Crippen molar-refractivity contribution >= 4 is 0 Å². The van der Waals surface area contributed by atoms with Gasteiger partial charge in [0.05, 0.1) is 0 Å². The van der Waals surface area contributed by atoms with Gasteiger partial charge in [-0.2, -0.15) is 4.98 Å². The molecule has 0 aromatic carbocycles. The minimum atomic E-state index is 0.815. The minimum Gasteiger partial charge on any atom is -0.339 e. The summed E-state index contributed by atoms with van der Waals surface area (Å²) in [6.07, 6.45) is 9.20. The van der Waals surface area contributed by atoms with Gasteiger partial charge in [0.2, 0.25) is 5.89 Å². The normalized spacial score (nSPS) is 10.8. The highest BCUT2D eigenvalue weighted by Gasteiger charge is 2.04. The van der Waals surface area contributed by atoms with Crippen LogP contribution in [0.25, 0.3) is 0 Å². The first-order valence-corrected chi connectivity index (χ1v) is 6.18. The van der Waals surface area contributed by atoms with Crippen LogP contribution >= 0.6 is 0 Å². The summed E-state index contributed by atoms with van der Waals surface area (Å²) in [6.45, 7) is 4.40. The lowest BCUT2D eigenvalue weighted by atomic mass is 10.2. The molecule has 3 heteroatoms. The summed E-state index contributed by atoms with van der Waals surface area (Å²) >= 11 is 0. The molecule has 3 nitrogen and oxygen atoms in total. The zero-order chi connectivity index (χ0) is 10.9. The second kappa shape index (κ2) is 7.43. The van der Waals surface area contributed by atoms with Crippen LogP contribution in [0, 0.1) is 0 Å². The Balaban J connectivity index is 2.23. The molecule has 0 aliphatic carbocycles. The summed E-state index contributed by atoms with van der Waals surface area (Å²) in [5.74, 6) is 1.70. The molecule has 0 N–H and O–H groups in total. The van der Waals surface area contributed by atoms with Gasteiger partial charge in [0.1, 0.15) is 0 Å². The number of hydrogen-bond donors (Lipinski definition) is 0. The first-order chi connectivity index (χ1) is 7.36. The van der Waals surface area contributed by atoms with E-state index in [0.29, 0.717) is 0 Å². The van der Waals surface area contributed by atoms with Crippen molar-refractivity contribution in [3.8, 4) is 0 Å². The van der Waals surface area contributed by atoms with Crippen LogP contribution in [0.4, 0.5) is 0 Å². The van der Waals surface area contributed by atoms with Crippen molar-refractivity contribution in [3.63, 3.8) is 0 Å². The van der Waals surface area contributed by atoms with Crippen LogP contribution in [0.15, 0.2) is 4.52 Å². The maximum atomic E-state index is 5.18. The summed E-state index contributed by atoms with van der Waals surface area (Å²) in [5.41, 5.74) is 0. The predicted octanol–water partition coefficient (Wildman–Crippen LogP) is 3.54. The fourth-order valence-corrected chi connectivity index (χ4v) is 1.55. The molecule has 0 saturated heterocycles. The highest BCUT2D eigenvalue weighted by molar-refractivity contribution is 4.86. The van der Waals surface area contributed by atoms with Gasteiger partial charge in [-0.15, -0.1) is 0 Å². The summed E-state index contributed by atoms with van der Waals surface area (Å²) in [7, 11) is 0. The molecule has 1 rings (SSSR count). The van der Waals surface area contributed by atoms with Gasteiger partial charge < -0.3 is 4.52 Å². The van der Waals surface area contributed by atoms with Gasteiger partial charge in [-0.1, -0.05) is 44.7 Å². The number of rotatable bonds is 8. The molecule has 0 atom stereocenters. The monoisotopic (exact) mass is 210 g/mol. The maximum Gasteiger partial charge on any atom is 0.226 e. The fraction of sp³-hybridized carbons (Fsp3) is 0.833. The molecule has 1 aromatic heterocycles. The van der Waals surface area contributed by atoms with Crippen molar-refractivity contribution in [1.82, 2.24) is 10.1 Å². The Hall–Kier alpha value is -0.860. The first-order valence-electron chi connectivity index (χ1n) is 6.18. The second-order valence-electron chi connectivity index (χ2n) is 4.02. The molecule has 15 heavy (non-hydrogen) atoms. The molecule has 0 bridgehead atoms. The lowest BCUT2D eigenvalue weighted by Crippen LogP contribution is -1.90. The van der Waals surface area contributed by atoms with Crippen molar-refractivity contribution < 1.29 is 4.52 Å². The van der Waals surface area contributed by atoms with E-state index in [-0.39, 0.29) is 0 Å². The number of aromatic nitrogens is 2. The van der Waals surface area contributed by atoms with Gasteiger partial charge in [0.25, 0.3) is 0 Å². The zero-order valence-electron chi connectivity index (χ0n) is 9.96. The third kappa shape index (κ3) is 4.96. The predicted molar refractivity (Wildman–Crippen MR) is 60.8 cm³/mol. The van der Waals surface area contributed by atoms with Crippen LogP contribution in [0.3, 0.4) is 0 Å². The van der Waals surface area contributed by atoms with E-state index in [0.717, 1.165) is 31.0 Å². The largest absolute Gasteiger partial charge is 0.339 e. The first kappa shape index (κ1) is 12.2. The lowest BCUT2D eigenvalue weighted by molar-refractivity contribution is 0.368. The highest BCUT2D eigenvalue weighted by atomic mass is 16.5. The van der Waals surface area contributed by atoms with Gasteiger partial charge in [-0.05, 0) is 12.8 Å². The van der Waals surface area contributed by atoms with Crippen LogP contribution in [-0.4, -0.2) is 10.1 Å². The minimum absolute atomic E-state index is 0.815. The average molecular weight is 210 g/mol. The highest BCUT2D eigenvalue weighted by Crippen LogP contribution is 2.07. The quantitative estimate of drug-likeness (QED) is 0.616. The molecule has 0 unspecified atom stereocenters. The van der Waals surface area contributed by atoms with E-state index < -0.39 is 0 Å². The van der Waals surface area contributed by atoms with Gasteiger partial charge in [-0.25, -0.2) is 0 Å². The summed E-state index contributed by atoms with van der Waals surface area (Å²) in [5, 5.41) is 3.98. The van der Waals surface area contributed by atoms with E-state index in [2.05, 4.69) is 24.0 Å². The Morgan fingerprint density at radius 1 is 0.933 bits per heavy atom. The van der Waals surface area contributed by atoms with Gasteiger partial charge in [0, 0.05) is 12.8 Å². The Bertz CT molecular complexity index is 233. The third-order valence-electron chi connectivity index (χ3n) is 2.51. The van der Waals surface area contributed by atoms with Crippen LogP contribution in [0.5, 0.6) is 0 Å². The standard InChI is InChI=1S/C12H22N2O/c1-3-5-7-9-11-13-12(15-14-11)10-8-6-4-2/h3-10H2,1-2H3. The van der Waals surface area contributed by atoms with E-state index >= 15 is 0 Å². The van der Waals surface area contributed by atoms with E-state index in [9.17, 15) is 0 Å².